The first-order valence-corrected chi connectivity index (χ1v) is 7.25. The Bertz CT molecular complexity index is 550. The fraction of sp³-hybridized carbons (Fsp3) is 0.438. The molecule has 2 N–H and O–H groups in total. The summed E-state index contributed by atoms with van der Waals surface area (Å²) < 4.78 is 7.51. The van der Waals surface area contributed by atoms with Crippen molar-refractivity contribution in [3.05, 3.63) is 48.0 Å². The first kappa shape index (κ1) is 15.5. The van der Waals surface area contributed by atoms with Crippen LogP contribution < -0.4 is 10.5 Å². The first-order valence-electron chi connectivity index (χ1n) is 7.25. The highest BCUT2D eigenvalue weighted by Gasteiger charge is 2.17. The van der Waals surface area contributed by atoms with Crippen LogP contribution in [0, 0.1) is 0 Å². The van der Waals surface area contributed by atoms with E-state index in [1.54, 1.807) is 0 Å². The molecule has 1 heterocycles. The van der Waals surface area contributed by atoms with Crippen molar-refractivity contribution >= 4 is 0 Å². The van der Waals surface area contributed by atoms with Gasteiger partial charge in [-0.05, 0) is 31.7 Å². The molecule has 2 rings (SSSR count). The van der Waals surface area contributed by atoms with E-state index < -0.39 is 0 Å². The zero-order chi connectivity index (χ0) is 15.2. The van der Waals surface area contributed by atoms with Gasteiger partial charge in [0.1, 0.15) is 11.6 Å². The summed E-state index contributed by atoms with van der Waals surface area (Å²) >= 11 is 0. The molecule has 0 aliphatic carbocycles. The molecule has 1 aromatic carbocycles. The fourth-order valence-corrected chi connectivity index (χ4v) is 2.41. The van der Waals surface area contributed by atoms with E-state index >= 15 is 0 Å². The number of likely N-dealkylation sites (N-methyl/N-ethyl adjacent to an activating group) is 1. The molecule has 0 saturated carbocycles. The summed E-state index contributed by atoms with van der Waals surface area (Å²) in [4.78, 5) is 6.59. The van der Waals surface area contributed by atoms with Crippen LogP contribution in [0.4, 0.5) is 0 Å². The Balaban J connectivity index is 2.09. The number of hydrogen-bond acceptors (Lipinski definition) is 4. The fourth-order valence-electron chi connectivity index (χ4n) is 2.41. The minimum atomic E-state index is 0.164. The highest BCUT2D eigenvalue weighted by atomic mass is 16.5. The van der Waals surface area contributed by atoms with Crippen molar-refractivity contribution in [3.8, 4) is 5.75 Å². The monoisotopic (exact) mass is 288 g/mol. The maximum Gasteiger partial charge on any atom is 0.122 e. The predicted octanol–water partition coefficient (Wildman–Crippen LogP) is 1.95. The third-order valence-electron chi connectivity index (χ3n) is 3.64. The van der Waals surface area contributed by atoms with Gasteiger partial charge in [0.15, 0.2) is 0 Å². The molecule has 114 valence electrons. The lowest BCUT2D eigenvalue weighted by Crippen LogP contribution is -2.31. The summed E-state index contributed by atoms with van der Waals surface area (Å²) in [7, 11) is 4.08. The predicted molar refractivity (Wildman–Crippen MR) is 84.1 cm³/mol. The molecule has 21 heavy (non-hydrogen) atoms. The number of imidazole rings is 1. The van der Waals surface area contributed by atoms with Gasteiger partial charge in [-0.2, -0.15) is 0 Å². The van der Waals surface area contributed by atoms with Crippen LogP contribution in [0.2, 0.25) is 0 Å². The van der Waals surface area contributed by atoms with Crippen LogP contribution in [0.1, 0.15) is 24.4 Å². The van der Waals surface area contributed by atoms with Gasteiger partial charge in [0, 0.05) is 32.0 Å². The van der Waals surface area contributed by atoms with Crippen LogP contribution in [-0.4, -0.2) is 34.7 Å². The Morgan fingerprint density at radius 3 is 2.57 bits per heavy atom. The summed E-state index contributed by atoms with van der Waals surface area (Å²) in [5.74, 6) is 1.92. The summed E-state index contributed by atoms with van der Waals surface area (Å²) in [6, 6.07) is 8.32. The van der Waals surface area contributed by atoms with Crippen molar-refractivity contribution in [3.63, 3.8) is 0 Å². The Hall–Kier alpha value is -1.85. The molecule has 5 heteroatoms. The third kappa shape index (κ3) is 3.83. The van der Waals surface area contributed by atoms with Crippen LogP contribution in [0.25, 0.3) is 0 Å². The Kier molecular flexibility index (Phi) is 5.36. The van der Waals surface area contributed by atoms with Crippen molar-refractivity contribution in [1.82, 2.24) is 14.5 Å². The molecule has 1 atom stereocenters. The van der Waals surface area contributed by atoms with Gasteiger partial charge in [0.05, 0.1) is 13.2 Å². The number of benzene rings is 1. The minimum Gasteiger partial charge on any atom is -0.494 e. The lowest BCUT2D eigenvalue weighted by Gasteiger charge is -2.27. The van der Waals surface area contributed by atoms with Gasteiger partial charge in [-0.25, -0.2) is 4.98 Å². The largest absolute Gasteiger partial charge is 0.494 e. The minimum absolute atomic E-state index is 0.164. The average molecular weight is 288 g/mol. The number of rotatable bonds is 7. The van der Waals surface area contributed by atoms with E-state index in [1.807, 2.05) is 43.1 Å². The lowest BCUT2D eigenvalue weighted by atomic mass is 10.1. The van der Waals surface area contributed by atoms with E-state index in [1.165, 1.54) is 5.56 Å². The molecule has 0 aliphatic heterocycles. The lowest BCUT2D eigenvalue weighted by molar-refractivity contribution is 0.233. The molecule has 0 fully saturated rings. The Labute approximate surface area is 126 Å². The molecule has 0 aliphatic rings. The molecule has 0 saturated heterocycles. The Morgan fingerprint density at radius 2 is 2.05 bits per heavy atom. The molecule has 2 aromatic rings. The quantitative estimate of drug-likeness (QED) is 0.846. The van der Waals surface area contributed by atoms with E-state index in [2.05, 4.69) is 29.1 Å². The normalized spacial score (nSPS) is 12.6. The van der Waals surface area contributed by atoms with Crippen LogP contribution in [-0.2, 0) is 13.6 Å². The zero-order valence-electron chi connectivity index (χ0n) is 13.0. The van der Waals surface area contributed by atoms with Crippen molar-refractivity contribution in [1.29, 1.82) is 0 Å². The van der Waals surface area contributed by atoms with Gasteiger partial charge in [-0.1, -0.05) is 12.1 Å². The summed E-state index contributed by atoms with van der Waals surface area (Å²) in [5, 5.41) is 0. The maximum absolute atomic E-state index is 5.97. The van der Waals surface area contributed by atoms with Crippen LogP contribution >= 0.6 is 0 Å². The van der Waals surface area contributed by atoms with Gasteiger partial charge in [0.25, 0.3) is 0 Å². The van der Waals surface area contributed by atoms with Crippen molar-refractivity contribution in [2.75, 3.05) is 20.2 Å². The van der Waals surface area contributed by atoms with Crippen molar-refractivity contribution in [2.24, 2.45) is 12.8 Å². The topological polar surface area (TPSA) is 56.3 Å². The molecular weight excluding hydrogens is 264 g/mol. The molecular formula is C16H24N4O. The summed E-state index contributed by atoms with van der Waals surface area (Å²) in [5.41, 5.74) is 7.16. The summed E-state index contributed by atoms with van der Waals surface area (Å²) in [6.45, 7) is 3.99. The Morgan fingerprint density at radius 1 is 1.33 bits per heavy atom. The van der Waals surface area contributed by atoms with E-state index in [0.717, 1.165) is 18.1 Å². The van der Waals surface area contributed by atoms with Gasteiger partial charge >= 0.3 is 0 Å². The van der Waals surface area contributed by atoms with Gasteiger partial charge in [0.2, 0.25) is 0 Å². The van der Waals surface area contributed by atoms with E-state index in [0.29, 0.717) is 13.2 Å². The third-order valence-corrected chi connectivity index (χ3v) is 3.64. The zero-order valence-corrected chi connectivity index (χ0v) is 13.0. The number of nitrogens with zero attached hydrogens (tertiary/aromatic N) is 3. The van der Waals surface area contributed by atoms with Gasteiger partial charge in [-0.3, -0.25) is 4.90 Å². The highest BCUT2D eigenvalue weighted by Crippen LogP contribution is 2.22. The van der Waals surface area contributed by atoms with Crippen LogP contribution in [0.3, 0.4) is 0 Å². The number of ether oxygens (including phenoxy) is 1. The molecule has 5 nitrogen and oxygen atoms in total. The second kappa shape index (κ2) is 7.24. The number of nitrogens with two attached hydrogens (primary N) is 1. The second-order valence-corrected chi connectivity index (χ2v) is 5.12. The average Bonchev–Trinajstić information content (AvgIpc) is 2.87. The second-order valence-electron chi connectivity index (χ2n) is 5.12. The first-order chi connectivity index (χ1) is 10.2. The molecule has 1 aromatic heterocycles. The molecule has 1 unspecified atom stereocenters. The highest BCUT2D eigenvalue weighted by molar-refractivity contribution is 5.29. The molecule has 0 bridgehead atoms. The molecule has 0 radical (unpaired) electrons. The van der Waals surface area contributed by atoms with E-state index in [9.17, 15) is 0 Å². The van der Waals surface area contributed by atoms with Crippen molar-refractivity contribution in [2.45, 2.75) is 19.5 Å². The standard InChI is InChI=1S/C16H24N4O/c1-4-21-14-7-5-13(6-8-14)15(11-17)20(3)12-16-18-9-10-19(16)2/h5-10,15H,4,11-12,17H2,1-3H3. The molecule has 0 spiro atoms. The number of hydrogen-bond donors (Lipinski definition) is 1. The van der Waals surface area contributed by atoms with Crippen LogP contribution in [0.15, 0.2) is 36.7 Å². The van der Waals surface area contributed by atoms with Crippen LogP contribution in [0.5, 0.6) is 5.75 Å². The number of aryl methyl sites for hydroxylation is 1. The smallest absolute Gasteiger partial charge is 0.122 e. The van der Waals surface area contributed by atoms with Gasteiger partial charge in [-0.15, -0.1) is 0 Å². The number of aromatic nitrogens is 2. The maximum atomic E-state index is 5.97. The van der Waals surface area contributed by atoms with Crippen molar-refractivity contribution < 1.29 is 4.74 Å². The van der Waals surface area contributed by atoms with E-state index in [-0.39, 0.29) is 6.04 Å². The molecule has 0 amide bonds. The van der Waals surface area contributed by atoms with Gasteiger partial charge < -0.3 is 15.0 Å². The van der Waals surface area contributed by atoms with E-state index in [4.69, 9.17) is 10.5 Å². The SMILES string of the molecule is CCOc1ccc(C(CN)N(C)Cc2nccn2C)cc1. The summed E-state index contributed by atoms with van der Waals surface area (Å²) in [6.07, 6.45) is 3.77.